The number of H-pyrrole nitrogens is 1. The number of nitrogens with one attached hydrogen (secondary N) is 3. The number of carbonyl (C=O) groups excluding carboxylic acids is 3. The summed E-state index contributed by atoms with van der Waals surface area (Å²) in [6.45, 7) is 0.0953. The molecule has 2 amide bonds. The third kappa shape index (κ3) is 3.95. The van der Waals surface area contributed by atoms with Crippen molar-refractivity contribution in [2.45, 2.75) is 6.54 Å². The maximum Gasteiger partial charge on any atom is 0.313 e. The van der Waals surface area contributed by atoms with E-state index in [0.717, 1.165) is 11.0 Å². The number of amides is 2. The van der Waals surface area contributed by atoms with Crippen molar-refractivity contribution in [3.8, 4) is 0 Å². The van der Waals surface area contributed by atoms with Gasteiger partial charge in [0.25, 0.3) is 0 Å². The van der Waals surface area contributed by atoms with Crippen LogP contribution < -0.4 is 10.6 Å². The van der Waals surface area contributed by atoms with Crippen LogP contribution in [0.5, 0.6) is 0 Å². The Balaban J connectivity index is 1.34. The van der Waals surface area contributed by atoms with Gasteiger partial charge in [0.1, 0.15) is 5.82 Å². The van der Waals surface area contributed by atoms with E-state index in [4.69, 9.17) is 0 Å². The Morgan fingerprint density at radius 2 is 1.80 bits per heavy atom. The number of fused-ring (bicyclic) bond motifs is 1. The lowest BCUT2D eigenvalue weighted by Gasteiger charge is -2.07. The number of aryl methyl sites for hydroxylation is 1. The molecule has 9 nitrogen and oxygen atoms in total. The zero-order chi connectivity index (χ0) is 21.1. The average Bonchev–Trinajstić information content (AvgIpc) is 3.37. The summed E-state index contributed by atoms with van der Waals surface area (Å²) >= 11 is 0. The zero-order valence-electron chi connectivity index (χ0n) is 16.0. The van der Waals surface area contributed by atoms with Gasteiger partial charge >= 0.3 is 11.8 Å². The monoisotopic (exact) mass is 402 g/mol. The number of anilines is 1. The third-order valence-electron chi connectivity index (χ3n) is 4.49. The topological polar surface area (TPSA) is 122 Å². The molecule has 0 bridgehead atoms. The smallest absolute Gasteiger partial charge is 0.313 e. The number of ketones is 1. The molecule has 0 saturated heterocycles. The summed E-state index contributed by atoms with van der Waals surface area (Å²) in [7, 11) is 1.73. The van der Waals surface area contributed by atoms with E-state index in [1.807, 2.05) is 24.3 Å². The molecule has 0 aliphatic carbocycles. The number of benzene rings is 2. The first-order chi connectivity index (χ1) is 14.5. The molecule has 2 aromatic carbocycles. The van der Waals surface area contributed by atoms with Gasteiger partial charge < -0.3 is 20.2 Å². The number of hydrogen-bond donors (Lipinski definition) is 3. The van der Waals surface area contributed by atoms with Gasteiger partial charge in [0.05, 0.1) is 17.6 Å². The van der Waals surface area contributed by atoms with Crippen molar-refractivity contribution in [3.05, 3.63) is 78.1 Å². The molecule has 0 aliphatic rings. The molecule has 2 aromatic heterocycles. The van der Waals surface area contributed by atoms with Crippen molar-refractivity contribution in [2.24, 2.45) is 7.05 Å². The van der Waals surface area contributed by atoms with Gasteiger partial charge in [0.2, 0.25) is 5.78 Å². The largest absolute Gasteiger partial charge is 0.341 e. The highest BCUT2D eigenvalue weighted by Gasteiger charge is 2.16. The third-order valence-corrected chi connectivity index (χ3v) is 4.49. The lowest BCUT2D eigenvalue weighted by molar-refractivity contribution is -0.136. The van der Waals surface area contributed by atoms with Crippen LogP contribution in [-0.4, -0.2) is 37.1 Å². The lowest BCUT2D eigenvalue weighted by Crippen LogP contribution is -2.35. The molecule has 0 fully saturated rings. The fraction of sp³-hybridized carbons (Fsp3) is 0.0952. The maximum atomic E-state index is 12.4. The molecule has 0 aliphatic heterocycles. The van der Waals surface area contributed by atoms with E-state index >= 15 is 0 Å². The molecule has 150 valence electrons. The van der Waals surface area contributed by atoms with E-state index in [9.17, 15) is 14.4 Å². The normalized spacial score (nSPS) is 10.7. The Labute approximate surface area is 171 Å². The molecule has 4 aromatic rings. The molecular formula is C21H18N6O3. The number of aromatic nitrogens is 4. The summed E-state index contributed by atoms with van der Waals surface area (Å²) in [5, 5.41) is 5.03. The molecule has 2 heterocycles. The predicted octanol–water partition coefficient (Wildman–Crippen LogP) is 1.78. The highest BCUT2D eigenvalue weighted by molar-refractivity contribution is 6.39. The van der Waals surface area contributed by atoms with E-state index in [2.05, 4.69) is 25.6 Å². The van der Waals surface area contributed by atoms with E-state index in [1.54, 1.807) is 48.3 Å². The second-order valence-corrected chi connectivity index (χ2v) is 6.61. The summed E-state index contributed by atoms with van der Waals surface area (Å²) in [5.41, 5.74) is 2.46. The quantitative estimate of drug-likeness (QED) is 0.347. The van der Waals surface area contributed by atoms with Gasteiger partial charge in [-0.1, -0.05) is 12.1 Å². The molecule has 0 saturated carbocycles. The van der Waals surface area contributed by atoms with E-state index < -0.39 is 11.8 Å². The summed E-state index contributed by atoms with van der Waals surface area (Å²) in [5.74, 6) is -0.965. The number of aromatic amines is 1. The lowest BCUT2D eigenvalue weighted by atomic mass is 10.1. The Morgan fingerprint density at radius 1 is 1.03 bits per heavy atom. The Bertz CT molecular complexity index is 1210. The fourth-order valence-electron chi connectivity index (χ4n) is 2.94. The average molecular weight is 402 g/mol. The molecule has 3 N–H and O–H groups in total. The van der Waals surface area contributed by atoms with Crippen molar-refractivity contribution in [2.75, 3.05) is 5.32 Å². The number of hydrogen-bond acceptors (Lipinski definition) is 5. The summed E-state index contributed by atoms with van der Waals surface area (Å²) < 4.78 is 1.63. The van der Waals surface area contributed by atoms with Crippen LogP contribution in [0.1, 0.15) is 22.0 Å². The molecular weight excluding hydrogens is 384 g/mol. The van der Waals surface area contributed by atoms with E-state index in [1.165, 1.54) is 0 Å². The molecule has 30 heavy (non-hydrogen) atoms. The van der Waals surface area contributed by atoms with Gasteiger partial charge in [-0.2, -0.15) is 0 Å². The van der Waals surface area contributed by atoms with Crippen molar-refractivity contribution in [1.29, 1.82) is 0 Å². The van der Waals surface area contributed by atoms with Crippen LogP contribution in [0.25, 0.3) is 11.0 Å². The minimum absolute atomic E-state index is 0.0953. The number of para-hydroxylation sites is 2. The summed E-state index contributed by atoms with van der Waals surface area (Å²) in [6.07, 6.45) is 3.23. The number of imidazole rings is 2. The molecule has 0 atom stereocenters. The van der Waals surface area contributed by atoms with Crippen LogP contribution in [-0.2, 0) is 23.2 Å². The fourth-order valence-corrected chi connectivity index (χ4v) is 2.94. The van der Waals surface area contributed by atoms with Crippen LogP contribution >= 0.6 is 0 Å². The second kappa shape index (κ2) is 8.00. The summed E-state index contributed by atoms with van der Waals surface area (Å²) in [6, 6.07) is 13.7. The van der Waals surface area contributed by atoms with Gasteiger partial charge in [-0.3, -0.25) is 14.4 Å². The number of rotatable bonds is 5. The SMILES string of the molecule is Cn1ccnc1C(=O)c1ccc(NC(=O)C(=O)NCc2nc3ccccc3[nH]2)cc1. The number of nitrogens with zero attached hydrogens (tertiary/aromatic N) is 3. The van der Waals surface area contributed by atoms with Crippen molar-refractivity contribution in [3.63, 3.8) is 0 Å². The molecule has 9 heteroatoms. The minimum Gasteiger partial charge on any atom is -0.341 e. The van der Waals surface area contributed by atoms with Crippen LogP contribution in [0.15, 0.2) is 60.9 Å². The molecule has 0 spiro atoms. The first-order valence-corrected chi connectivity index (χ1v) is 9.16. The highest BCUT2D eigenvalue weighted by Crippen LogP contribution is 2.13. The summed E-state index contributed by atoms with van der Waals surface area (Å²) in [4.78, 5) is 48.1. The maximum absolute atomic E-state index is 12.4. The zero-order valence-corrected chi connectivity index (χ0v) is 16.0. The standard InChI is InChI=1S/C21H18N6O3/c1-27-11-10-22-19(27)18(28)13-6-8-14(9-7-13)24-21(30)20(29)23-12-17-25-15-4-2-3-5-16(15)26-17/h2-11H,12H2,1H3,(H,23,29)(H,24,30)(H,25,26). The number of carbonyl (C=O) groups is 3. The van der Waals surface area contributed by atoms with Gasteiger partial charge in [0, 0.05) is 30.7 Å². The second-order valence-electron chi connectivity index (χ2n) is 6.61. The minimum atomic E-state index is -0.811. The van der Waals surface area contributed by atoms with Crippen molar-refractivity contribution < 1.29 is 14.4 Å². The Kier molecular flexibility index (Phi) is 5.08. The van der Waals surface area contributed by atoms with E-state index in [0.29, 0.717) is 22.9 Å². The van der Waals surface area contributed by atoms with Crippen LogP contribution in [0.2, 0.25) is 0 Å². The van der Waals surface area contributed by atoms with Gasteiger partial charge in [0.15, 0.2) is 5.82 Å². The predicted molar refractivity (Wildman–Crippen MR) is 110 cm³/mol. The molecule has 0 unspecified atom stereocenters. The molecule has 4 rings (SSSR count). The van der Waals surface area contributed by atoms with Gasteiger partial charge in [-0.05, 0) is 36.4 Å². The van der Waals surface area contributed by atoms with Crippen molar-refractivity contribution in [1.82, 2.24) is 24.8 Å². The van der Waals surface area contributed by atoms with Crippen molar-refractivity contribution >= 4 is 34.3 Å². The molecule has 0 radical (unpaired) electrons. The van der Waals surface area contributed by atoms with Crippen LogP contribution in [0.3, 0.4) is 0 Å². The Morgan fingerprint density at radius 3 is 2.50 bits per heavy atom. The first kappa shape index (κ1) is 19.1. The van der Waals surface area contributed by atoms with Crippen LogP contribution in [0.4, 0.5) is 5.69 Å². The van der Waals surface area contributed by atoms with Gasteiger partial charge in [-0.25, -0.2) is 9.97 Å². The van der Waals surface area contributed by atoms with Gasteiger partial charge in [-0.15, -0.1) is 0 Å². The first-order valence-electron chi connectivity index (χ1n) is 9.16. The Hall–Kier alpha value is -4.27. The van der Waals surface area contributed by atoms with Crippen LogP contribution in [0, 0.1) is 0 Å². The van der Waals surface area contributed by atoms with E-state index in [-0.39, 0.29) is 12.3 Å². The highest BCUT2D eigenvalue weighted by atomic mass is 16.2.